The molecule has 0 aromatic heterocycles. The summed E-state index contributed by atoms with van der Waals surface area (Å²) in [5.41, 5.74) is 1.11. The van der Waals surface area contributed by atoms with E-state index >= 15 is 0 Å². The third-order valence-corrected chi connectivity index (χ3v) is 3.99. The molecule has 3 heteroatoms. The highest BCUT2D eigenvalue weighted by atomic mass is 19.1. The van der Waals surface area contributed by atoms with Gasteiger partial charge in [-0.05, 0) is 50.0 Å². The number of nitrogens with zero attached hydrogens (tertiary/aromatic N) is 1. The third-order valence-electron chi connectivity index (χ3n) is 3.99. The summed E-state index contributed by atoms with van der Waals surface area (Å²) in [6, 6.07) is 7.91. The summed E-state index contributed by atoms with van der Waals surface area (Å²) in [5.74, 6) is 0.426. The molecule has 1 aromatic rings. The highest BCUT2D eigenvalue weighted by Gasteiger charge is 2.30. The van der Waals surface area contributed by atoms with Gasteiger partial charge in [0.25, 0.3) is 0 Å². The molecule has 2 atom stereocenters. The third kappa shape index (κ3) is 3.77. The van der Waals surface area contributed by atoms with Crippen LogP contribution in [0, 0.1) is 11.7 Å². The van der Waals surface area contributed by atoms with Gasteiger partial charge in [-0.1, -0.05) is 26.0 Å². The van der Waals surface area contributed by atoms with Crippen molar-refractivity contribution in [1.82, 2.24) is 10.2 Å². The first-order valence-corrected chi connectivity index (χ1v) is 7.27. The topological polar surface area (TPSA) is 15.3 Å². The SMILES string of the molecule is CC(C)NCC1CCCN(C)C1c1cccc(F)c1. The van der Waals surface area contributed by atoms with E-state index < -0.39 is 0 Å². The van der Waals surface area contributed by atoms with Crippen LogP contribution in [0.15, 0.2) is 24.3 Å². The van der Waals surface area contributed by atoms with Crippen LogP contribution in [0.4, 0.5) is 4.39 Å². The molecule has 2 nitrogen and oxygen atoms in total. The van der Waals surface area contributed by atoms with Crippen LogP contribution in [0.5, 0.6) is 0 Å². The van der Waals surface area contributed by atoms with Crippen LogP contribution in [0.2, 0.25) is 0 Å². The average molecular weight is 264 g/mol. The lowest BCUT2D eigenvalue weighted by atomic mass is 9.84. The summed E-state index contributed by atoms with van der Waals surface area (Å²) in [6.07, 6.45) is 2.44. The molecule has 0 radical (unpaired) electrons. The molecule has 0 saturated carbocycles. The van der Waals surface area contributed by atoms with Gasteiger partial charge in [0.05, 0.1) is 0 Å². The molecule has 1 aromatic carbocycles. The van der Waals surface area contributed by atoms with Crippen molar-refractivity contribution in [3.8, 4) is 0 Å². The van der Waals surface area contributed by atoms with Crippen LogP contribution < -0.4 is 5.32 Å². The van der Waals surface area contributed by atoms with Gasteiger partial charge in [0, 0.05) is 18.6 Å². The standard InChI is InChI=1S/C16H25FN2/c1-12(2)18-11-14-7-5-9-19(3)16(14)13-6-4-8-15(17)10-13/h4,6,8,10,12,14,16,18H,5,7,9,11H2,1-3H3. The Morgan fingerprint density at radius 3 is 2.89 bits per heavy atom. The predicted octanol–water partition coefficient (Wildman–Crippen LogP) is 3.21. The van der Waals surface area contributed by atoms with Gasteiger partial charge in [-0.15, -0.1) is 0 Å². The van der Waals surface area contributed by atoms with Crippen LogP contribution in [0.1, 0.15) is 38.3 Å². The van der Waals surface area contributed by atoms with Crippen molar-refractivity contribution in [3.05, 3.63) is 35.6 Å². The second-order valence-corrected chi connectivity index (χ2v) is 5.95. The Bertz CT molecular complexity index is 405. The van der Waals surface area contributed by atoms with Gasteiger partial charge in [-0.3, -0.25) is 4.90 Å². The summed E-state index contributed by atoms with van der Waals surface area (Å²) in [7, 11) is 2.15. The summed E-state index contributed by atoms with van der Waals surface area (Å²) in [6.45, 7) is 6.44. The lowest BCUT2D eigenvalue weighted by Gasteiger charge is -2.40. The zero-order chi connectivity index (χ0) is 13.8. The smallest absolute Gasteiger partial charge is 0.123 e. The van der Waals surface area contributed by atoms with E-state index in [1.165, 1.54) is 18.9 Å². The van der Waals surface area contributed by atoms with E-state index in [0.717, 1.165) is 18.7 Å². The van der Waals surface area contributed by atoms with E-state index in [9.17, 15) is 4.39 Å². The molecule has 1 N–H and O–H groups in total. The first-order valence-electron chi connectivity index (χ1n) is 7.27. The molecule has 19 heavy (non-hydrogen) atoms. The maximum atomic E-state index is 13.5. The summed E-state index contributed by atoms with van der Waals surface area (Å²) in [5, 5.41) is 3.53. The summed E-state index contributed by atoms with van der Waals surface area (Å²) >= 11 is 0. The van der Waals surface area contributed by atoms with Crippen molar-refractivity contribution in [1.29, 1.82) is 0 Å². The van der Waals surface area contributed by atoms with Gasteiger partial charge in [0.1, 0.15) is 5.82 Å². The molecule has 0 amide bonds. The van der Waals surface area contributed by atoms with Crippen LogP contribution in [0.3, 0.4) is 0 Å². The fourth-order valence-corrected chi connectivity index (χ4v) is 3.08. The first kappa shape index (κ1) is 14.5. The largest absolute Gasteiger partial charge is 0.314 e. The molecule has 0 aliphatic carbocycles. The fraction of sp³-hybridized carbons (Fsp3) is 0.625. The van der Waals surface area contributed by atoms with Gasteiger partial charge in [0.2, 0.25) is 0 Å². The molecule has 0 spiro atoms. The van der Waals surface area contributed by atoms with Crippen molar-refractivity contribution in [2.75, 3.05) is 20.1 Å². The van der Waals surface area contributed by atoms with Gasteiger partial charge < -0.3 is 5.32 Å². The fourth-order valence-electron chi connectivity index (χ4n) is 3.08. The van der Waals surface area contributed by atoms with Gasteiger partial charge in [-0.25, -0.2) is 4.39 Å². The Labute approximate surface area is 116 Å². The Kier molecular flexibility index (Phi) is 4.94. The number of benzene rings is 1. The highest BCUT2D eigenvalue weighted by molar-refractivity contribution is 5.21. The van der Waals surface area contributed by atoms with Crippen LogP contribution >= 0.6 is 0 Å². The molecule has 106 valence electrons. The number of rotatable bonds is 4. The Hall–Kier alpha value is -0.930. The quantitative estimate of drug-likeness (QED) is 0.898. The number of hydrogen-bond acceptors (Lipinski definition) is 2. The monoisotopic (exact) mass is 264 g/mol. The van der Waals surface area contributed by atoms with Crippen LogP contribution in [-0.4, -0.2) is 31.1 Å². The average Bonchev–Trinajstić information content (AvgIpc) is 2.36. The molecular formula is C16H25FN2. The van der Waals surface area contributed by atoms with E-state index in [-0.39, 0.29) is 5.82 Å². The minimum atomic E-state index is -0.132. The number of hydrogen-bond donors (Lipinski definition) is 1. The number of piperidine rings is 1. The first-order chi connectivity index (χ1) is 9.08. The minimum Gasteiger partial charge on any atom is -0.314 e. The highest BCUT2D eigenvalue weighted by Crippen LogP contribution is 2.34. The zero-order valence-electron chi connectivity index (χ0n) is 12.2. The molecule has 0 bridgehead atoms. The summed E-state index contributed by atoms with van der Waals surface area (Å²) < 4.78 is 13.5. The Morgan fingerprint density at radius 2 is 2.21 bits per heavy atom. The van der Waals surface area contributed by atoms with Crippen molar-refractivity contribution in [2.24, 2.45) is 5.92 Å². The van der Waals surface area contributed by atoms with Crippen LogP contribution in [-0.2, 0) is 0 Å². The van der Waals surface area contributed by atoms with Crippen molar-refractivity contribution in [3.63, 3.8) is 0 Å². The maximum Gasteiger partial charge on any atom is 0.123 e. The molecule has 2 unspecified atom stereocenters. The van der Waals surface area contributed by atoms with Gasteiger partial charge in [0.15, 0.2) is 0 Å². The molecule has 1 saturated heterocycles. The number of halogens is 1. The van der Waals surface area contributed by atoms with E-state index in [2.05, 4.69) is 37.2 Å². The van der Waals surface area contributed by atoms with Crippen molar-refractivity contribution in [2.45, 2.75) is 38.8 Å². The minimum absolute atomic E-state index is 0.132. The Balaban J connectivity index is 2.16. The number of likely N-dealkylation sites (tertiary alicyclic amines) is 1. The molecule has 2 rings (SSSR count). The van der Waals surface area contributed by atoms with Crippen molar-refractivity contribution >= 4 is 0 Å². The second kappa shape index (κ2) is 6.49. The lowest BCUT2D eigenvalue weighted by Crippen LogP contribution is -2.41. The molecule has 1 aliphatic rings. The molecule has 1 aliphatic heterocycles. The molecule has 1 heterocycles. The van der Waals surface area contributed by atoms with E-state index in [0.29, 0.717) is 18.0 Å². The van der Waals surface area contributed by atoms with E-state index in [1.807, 2.05) is 6.07 Å². The van der Waals surface area contributed by atoms with Gasteiger partial charge in [-0.2, -0.15) is 0 Å². The Morgan fingerprint density at radius 1 is 1.42 bits per heavy atom. The predicted molar refractivity (Wildman–Crippen MR) is 77.6 cm³/mol. The second-order valence-electron chi connectivity index (χ2n) is 5.95. The number of nitrogens with one attached hydrogen (secondary N) is 1. The lowest BCUT2D eigenvalue weighted by molar-refractivity contribution is 0.118. The zero-order valence-corrected chi connectivity index (χ0v) is 12.2. The van der Waals surface area contributed by atoms with Crippen LogP contribution in [0.25, 0.3) is 0 Å². The molecule has 1 fully saturated rings. The van der Waals surface area contributed by atoms with E-state index in [4.69, 9.17) is 0 Å². The molecular weight excluding hydrogens is 239 g/mol. The van der Waals surface area contributed by atoms with E-state index in [1.54, 1.807) is 6.07 Å². The van der Waals surface area contributed by atoms with Crippen molar-refractivity contribution < 1.29 is 4.39 Å². The van der Waals surface area contributed by atoms with Gasteiger partial charge >= 0.3 is 0 Å². The summed E-state index contributed by atoms with van der Waals surface area (Å²) in [4.78, 5) is 2.37. The normalized spacial score (nSPS) is 24.9. The maximum absolute atomic E-state index is 13.5.